The number of nitrogens with one attached hydrogen (secondary N) is 1. The molecule has 0 aromatic heterocycles. The van der Waals surface area contributed by atoms with Crippen molar-refractivity contribution >= 4 is 22.6 Å². The van der Waals surface area contributed by atoms with Crippen molar-refractivity contribution in [2.45, 2.75) is 32.4 Å². The Bertz CT molecular complexity index is 696. The van der Waals surface area contributed by atoms with E-state index in [1.807, 2.05) is 44.2 Å². The summed E-state index contributed by atoms with van der Waals surface area (Å²) in [4.78, 5) is 23.4. The lowest BCUT2D eigenvalue weighted by atomic mass is 10.0. The molecule has 2 N–H and O–H groups in total. The number of carboxylic acid groups (broad SMARTS) is 1. The highest BCUT2D eigenvalue weighted by molar-refractivity contribution is 5.88. The molecular weight excluding hydrogens is 294 g/mol. The van der Waals surface area contributed by atoms with Gasteiger partial charge in [0.15, 0.2) is 6.04 Å². The number of carbonyl (C=O) groups excluding carboxylic acids is 1. The zero-order valence-electron chi connectivity index (χ0n) is 13.3. The molecule has 1 unspecified atom stereocenters. The predicted octanol–water partition coefficient (Wildman–Crippen LogP) is 2.90. The van der Waals surface area contributed by atoms with Crippen LogP contribution in [0.5, 0.6) is 0 Å². The third-order valence-corrected chi connectivity index (χ3v) is 3.44. The molecule has 23 heavy (non-hydrogen) atoms. The molecule has 0 saturated heterocycles. The summed E-state index contributed by atoms with van der Waals surface area (Å²) in [5.74, 6) is -1.43. The second-order valence-electron chi connectivity index (χ2n) is 5.61. The van der Waals surface area contributed by atoms with Gasteiger partial charge in [0.25, 0.3) is 0 Å². The number of ether oxygens (including phenoxy) is 1. The number of hydrogen-bond donors (Lipinski definition) is 2. The van der Waals surface area contributed by atoms with E-state index < -0.39 is 12.0 Å². The van der Waals surface area contributed by atoms with E-state index in [0.717, 1.165) is 10.8 Å². The number of benzene rings is 2. The summed E-state index contributed by atoms with van der Waals surface area (Å²) in [5, 5.41) is 13.9. The van der Waals surface area contributed by atoms with Crippen LogP contribution in [0.4, 0.5) is 0 Å². The molecule has 1 atom stereocenters. The zero-order valence-corrected chi connectivity index (χ0v) is 13.3. The minimum absolute atomic E-state index is 0.0403. The van der Waals surface area contributed by atoms with Gasteiger partial charge in [-0.15, -0.1) is 0 Å². The van der Waals surface area contributed by atoms with Crippen LogP contribution in [0.3, 0.4) is 0 Å². The van der Waals surface area contributed by atoms with Crippen molar-refractivity contribution < 1.29 is 19.4 Å². The third-order valence-electron chi connectivity index (χ3n) is 3.44. The smallest absolute Gasteiger partial charge is 0.330 e. The van der Waals surface area contributed by atoms with Crippen LogP contribution in [0.15, 0.2) is 42.5 Å². The molecule has 0 bridgehead atoms. The van der Waals surface area contributed by atoms with E-state index >= 15 is 0 Å². The fourth-order valence-electron chi connectivity index (χ4n) is 2.30. The third kappa shape index (κ3) is 4.79. The minimum Gasteiger partial charge on any atom is -0.479 e. The van der Waals surface area contributed by atoms with Gasteiger partial charge in [0.1, 0.15) is 0 Å². The van der Waals surface area contributed by atoms with Crippen molar-refractivity contribution in [3.8, 4) is 0 Å². The van der Waals surface area contributed by atoms with E-state index in [1.54, 1.807) is 12.1 Å². The van der Waals surface area contributed by atoms with E-state index in [9.17, 15) is 14.7 Å². The Balaban J connectivity index is 2.10. The normalized spacial score (nSPS) is 12.3. The van der Waals surface area contributed by atoms with Crippen LogP contribution in [0.2, 0.25) is 0 Å². The minimum atomic E-state index is -1.08. The lowest BCUT2D eigenvalue weighted by Crippen LogP contribution is -2.34. The number of carbonyl (C=O) groups is 2. The first kappa shape index (κ1) is 17.0. The van der Waals surface area contributed by atoms with E-state index in [0.29, 0.717) is 5.56 Å². The van der Waals surface area contributed by atoms with Gasteiger partial charge in [0.05, 0.1) is 19.1 Å². The fourth-order valence-corrected chi connectivity index (χ4v) is 2.30. The second-order valence-corrected chi connectivity index (χ2v) is 5.61. The Labute approximate surface area is 135 Å². The number of amides is 1. The van der Waals surface area contributed by atoms with Crippen LogP contribution < -0.4 is 5.32 Å². The summed E-state index contributed by atoms with van der Waals surface area (Å²) < 4.78 is 5.31. The number of rotatable bonds is 7. The van der Waals surface area contributed by atoms with Crippen LogP contribution in [0, 0.1) is 0 Å². The summed E-state index contributed by atoms with van der Waals surface area (Å²) in [6.07, 6.45) is 0.175. The number of hydrogen-bond acceptors (Lipinski definition) is 3. The summed E-state index contributed by atoms with van der Waals surface area (Å²) >= 11 is 0. The lowest BCUT2D eigenvalue weighted by molar-refractivity contribution is -0.142. The fraction of sp³-hybridized carbons (Fsp3) is 0.333. The summed E-state index contributed by atoms with van der Waals surface area (Å²) in [5.41, 5.74) is 0.550. The van der Waals surface area contributed by atoms with Gasteiger partial charge < -0.3 is 15.2 Å². The Morgan fingerprint density at radius 1 is 1.13 bits per heavy atom. The average Bonchev–Trinajstić information content (AvgIpc) is 2.51. The van der Waals surface area contributed by atoms with Gasteiger partial charge in [0, 0.05) is 0 Å². The van der Waals surface area contributed by atoms with Crippen molar-refractivity contribution in [3.63, 3.8) is 0 Å². The molecule has 2 aromatic rings. The van der Waals surface area contributed by atoms with Gasteiger partial charge >= 0.3 is 5.97 Å². The van der Waals surface area contributed by atoms with Crippen molar-refractivity contribution in [2.24, 2.45) is 0 Å². The van der Waals surface area contributed by atoms with E-state index in [2.05, 4.69) is 5.32 Å². The highest BCUT2D eigenvalue weighted by atomic mass is 16.5. The Hall–Kier alpha value is -2.40. The van der Waals surface area contributed by atoms with Crippen LogP contribution in [-0.2, 0) is 14.3 Å². The van der Waals surface area contributed by atoms with Crippen molar-refractivity contribution in [1.82, 2.24) is 5.32 Å². The number of carboxylic acids is 1. The maximum Gasteiger partial charge on any atom is 0.330 e. The molecule has 2 rings (SSSR count). The molecular formula is C18H21NO4. The standard InChI is InChI=1S/C18H21NO4/c1-12(2)23-10-9-16(20)19-17(18(21)22)15-8-7-13-5-3-4-6-14(13)11-15/h3-8,11-12,17H,9-10H2,1-2H3,(H,19,20)(H,21,22). The van der Waals surface area contributed by atoms with Gasteiger partial charge in [-0.25, -0.2) is 4.79 Å². The SMILES string of the molecule is CC(C)OCCC(=O)NC(C(=O)O)c1ccc2ccccc2c1. The topological polar surface area (TPSA) is 75.6 Å². The monoisotopic (exact) mass is 315 g/mol. The van der Waals surface area contributed by atoms with Crippen LogP contribution >= 0.6 is 0 Å². The highest BCUT2D eigenvalue weighted by Crippen LogP contribution is 2.21. The summed E-state index contributed by atoms with van der Waals surface area (Å²) in [6.45, 7) is 4.04. The first-order valence-electron chi connectivity index (χ1n) is 7.60. The van der Waals surface area contributed by atoms with Crippen LogP contribution in [0.1, 0.15) is 31.9 Å². The molecule has 1 amide bonds. The largest absolute Gasteiger partial charge is 0.479 e. The molecule has 5 nitrogen and oxygen atoms in total. The molecule has 5 heteroatoms. The molecule has 0 aliphatic heterocycles. The van der Waals surface area contributed by atoms with Gasteiger partial charge in [0.2, 0.25) is 5.91 Å². The Kier molecular flexibility index (Phi) is 5.71. The van der Waals surface area contributed by atoms with Crippen molar-refractivity contribution in [2.75, 3.05) is 6.61 Å². The van der Waals surface area contributed by atoms with E-state index in [4.69, 9.17) is 4.74 Å². The van der Waals surface area contributed by atoms with Crippen LogP contribution in [0.25, 0.3) is 10.8 Å². The molecule has 0 radical (unpaired) electrons. The molecule has 0 heterocycles. The quantitative estimate of drug-likeness (QED) is 0.824. The molecule has 122 valence electrons. The van der Waals surface area contributed by atoms with E-state index in [1.165, 1.54) is 0 Å². The summed E-state index contributed by atoms with van der Waals surface area (Å²) in [7, 11) is 0. The van der Waals surface area contributed by atoms with Gasteiger partial charge in [-0.2, -0.15) is 0 Å². The number of fused-ring (bicyclic) bond motifs is 1. The maximum absolute atomic E-state index is 11.9. The zero-order chi connectivity index (χ0) is 16.8. The summed E-state index contributed by atoms with van der Waals surface area (Å²) in [6, 6.07) is 12.0. The van der Waals surface area contributed by atoms with Gasteiger partial charge in [-0.3, -0.25) is 4.79 Å². The Morgan fingerprint density at radius 3 is 2.48 bits per heavy atom. The molecule has 2 aromatic carbocycles. The Morgan fingerprint density at radius 2 is 1.83 bits per heavy atom. The second kappa shape index (κ2) is 7.74. The van der Waals surface area contributed by atoms with Gasteiger partial charge in [-0.05, 0) is 36.2 Å². The molecule has 0 spiro atoms. The maximum atomic E-state index is 11.9. The molecule has 0 saturated carbocycles. The van der Waals surface area contributed by atoms with Crippen LogP contribution in [-0.4, -0.2) is 29.7 Å². The highest BCUT2D eigenvalue weighted by Gasteiger charge is 2.22. The average molecular weight is 315 g/mol. The predicted molar refractivity (Wildman–Crippen MR) is 88.2 cm³/mol. The first-order chi connectivity index (χ1) is 11.0. The van der Waals surface area contributed by atoms with Crippen molar-refractivity contribution in [3.05, 3.63) is 48.0 Å². The molecule has 0 aliphatic rings. The molecule has 0 fully saturated rings. The van der Waals surface area contributed by atoms with Crippen molar-refractivity contribution in [1.29, 1.82) is 0 Å². The van der Waals surface area contributed by atoms with E-state index in [-0.39, 0.29) is 25.0 Å². The lowest BCUT2D eigenvalue weighted by Gasteiger charge is -2.16. The first-order valence-corrected chi connectivity index (χ1v) is 7.60. The molecule has 0 aliphatic carbocycles. The van der Waals surface area contributed by atoms with Gasteiger partial charge in [-0.1, -0.05) is 36.4 Å². The number of aliphatic carboxylic acids is 1.